The minimum absolute atomic E-state index is 0.504. The number of benzene rings is 1. The van der Waals surface area contributed by atoms with Crippen LogP contribution in [0.2, 0.25) is 0 Å². The third-order valence-corrected chi connectivity index (χ3v) is 3.74. The van der Waals surface area contributed by atoms with Crippen molar-refractivity contribution >= 4 is 0 Å². The van der Waals surface area contributed by atoms with Crippen molar-refractivity contribution in [3.05, 3.63) is 35.4 Å². The van der Waals surface area contributed by atoms with Crippen molar-refractivity contribution in [3.63, 3.8) is 0 Å². The van der Waals surface area contributed by atoms with E-state index in [1.807, 2.05) is 0 Å². The predicted molar refractivity (Wildman–Crippen MR) is 69.6 cm³/mol. The molecule has 16 heavy (non-hydrogen) atoms. The first kappa shape index (κ1) is 11.7. The van der Waals surface area contributed by atoms with E-state index in [0.717, 1.165) is 6.54 Å². The van der Waals surface area contributed by atoms with Crippen LogP contribution in [0.15, 0.2) is 24.3 Å². The van der Waals surface area contributed by atoms with Crippen LogP contribution in [0.4, 0.5) is 0 Å². The molecule has 0 aromatic heterocycles. The zero-order valence-electron chi connectivity index (χ0n) is 10.7. The second-order valence-corrected chi connectivity index (χ2v) is 5.45. The van der Waals surface area contributed by atoms with Crippen LogP contribution in [0.1, 0.15) is 50.3 Å². The lowest BCUT2D eigenvalue weighted by atomic mass is 9.91. The predicted octanol–water partition coefficient (Wildman–Crippen LogP) is 3.84. The van der Waals surface area contributed by atoms with Crippen molar-refractivity contribution in [3.8, 4) is 0 Å². The molecule has 88 valence electrons. The molecule has 1 N–H and O–H groups in total. The number of nitrogens with one attached hydrogen (secondary N) is 1. The van der Waals surface area contributed by atoms with Gasteiger partial charge in [-0.3, -0.25) is 0 Å². The summed E-state index contributed by atoms with van der Waals surface area (Å²) in [7, 11) is 0. The molecule has 0 bridgehead atoms. The summed E-state index contributed by atoms with van der Waals surface area (Å²) in [5, 5.41) is 3.71. The minimum Gasteiger partial charge on any atom is -0.309 e. The summed E-state index contributed by atoms with van der Waals surface area (Å²) in [5.74, 6) is 0. The van der Waals surface area contributed by atoms with Gasteiger partial charge in [-0.1, -0.05) is 43.7 Å². The van der Waals surface area contributed by atoms with E-state index >= 15 is 0 Å². The van der Waals surface area contributed by atoms with E-state index in [1.54, 1.807) is 0 Å². The highest BCUT2D eigenvalue weighted by molar-refractivity contribution is 5.27. The average molecular weight is 217 g/mol. The Morgan fingerprint density at radius 1 is 1.25 bits per heavy atom. The Balaban J connectivity index is 2.14. The van der Waals surface area contributed by atoms with Gasteiger partial charge in [0.2, 0.25) is 0 Å². The Kier molecular flexibility index (Phi) is 3.34. The molecule has 1 aliphatic rings. The van der Waals surface area contributed by atoms with Gasteiger partial charge < -0.3 is 5.32 Å². The SMILES string of the molecule is CCCNC(c1ccc(C)cc1)C1(C)CC1. The Hall–Kier alpha value is -0.820. The maximum absolute atomic E-state index is 3.71. The van der Waals surface area contributed by atoms with Crippen molar-refractivity contribution < 1.29 is 0 Å². The van der Waals surface area contributed by atoms with Gasteiger partial charge in [0, 0.05) is 6.04 Å². The summed E-state index contributed by atoms with van der Waals surface area (Å²) in [4.78, 5) is 0. The second-order valence-electron chi connectivity index (χ2n) is 5.45. The molecule has 1 heteroatoms. The lowest BCUT2D eigenvalue weighted by Crippen LogP contribution is -2.28. The molecule has 0 aliphatic heterocycles. The van der Waals surface area contributed by atoms with Crippen LogP contribution in [0.25, 0.3) is 0 Å². The van der Waals surface area contributed by atoms with Gasteiger partial charge in [-0.2, -0.15) is 0 Å². The Morgan fingerprint density at radius 2 is 1.88 bits per heavy atom. The minimum atomic E-state index is 0.504. The summed E-state index contributed by atoms with van der Waals surface area (Å²) < 4.78 is 0. The summed E-state index contributed by atoms with van der Waals surface area (Å²) in [5.41, 5.74) is 3.31. The maximum atomic E-state index is 3.71. The lowest BCUT2D eigenvalue weighted by Gasteiger charge is -2.25. The van der Waals surface area contributed by atoms with E-state index in [9.17, 15) is 0 Å². The van der Waals surface area contributed by atoms with E-state index in [1.165, 1.54) is 30.4 Å². The molecule has 1 saturated carbocycles. The standard InChI is InChI=1S/C15H23N/c1-4-11-16-14(15(3)9-10-15)13-7-5-12(2)6-8-13/h5-8,14,16H,4,9-11H2,1-3H3. The molecule has 1 unspecified atom stereocenters. The third-order valence-electron chi connectivity index (χ3n) is 3.74. The van der Waals surface area contributed by atoms with Crippen LogP contribution in [0.3, 0.4) is 0 Å². The zero-order valence-corrected chi connectivity index (χ0v) is 10.7. The van der Waals surface area contributed by atoms with Crippen LogP contribution in [0, 0.1) is 12.3 Å². The van der Waals surface area contributed by atoms with Crippen LogP contribution >= 0.6 is 0 Å². The molecule has 0 spiro atoms. The van der Waals surface area contributed by atoms with Crippen molar-refractivity contribution in [1.29, 1.82) is 0 Å². The van der Waals surface area contributed by atoms with E-state index in [0.29, 0.717) is 11.5 Å². The summed E-state index contributed by atoms with van der Waals surface area (Å²) in [6, 6.07) is 9.56. The molecule has 0 radical (unpaired) electrons. The maximum Gasteiger partial charge on any atom is 0.0374 e. The zero-order chi connectivity index (χ0) is 11.6. The quantitative estimate of drug-likeness (QED) is 0.790. The first-order valence-electron chi connectivity index (χ1n) is 6.46. The summed E-state index contributed by atoms with van der Waals surface area (Å²) >= 11 is 0. The average Bonchev–Trinajstić information content (AvgIpc) is 3.00. The second kappa shape index (κ2) is 4.58. The Bertz CT molecular complexity index is 335. The molecule has 1 fully saturated rings. The molecule has 0 saturated heterocycles. The van der Waals surface area contributed by atoms with Crippen LogP contribution in [0.5, 0.6) is 0 Å². The smallest absolute Gasteiger partial charge is 0.0374 e. The highest BCUT2D eigenvalue weighted by Crippen LogP contribution is 2.54. The Labute approximate surface area is 99.3 Å². The van der Waals surface area contributed by atoms with Crippen LogP contribution in [-0.2, 0) is 0 Å². The molecule has 1 atom stereocenters. The Morgan fingerprint density at radius 3 is 2.38 bits per heavy atom. The van der Waals surface area contributed by atoms with Gasteiger partial charge >= 0.3 is 0 Å². The molecule has 2 rings (SSSR count). The molecule has 0 heterocycles. The van der Waals surface area contributed by atoms with Crippen molar-refractivity contribution in [2.24, 2.45) is 5.41 Å². The van der Waals surface area contributed by atoms with Gasteiger partial charge in [0.05, 0.1) is 0 Å². The van der Waals surface area contributed by atoms with Crippen molar-refractivity contribution in [2.45, 2.75) is 46.1 Å². The highest BCUT2D eigenvalue weighted by atomic mass is 14.9. The molecule has 1 aliphatic carbocycles. The van der Waals surface area contributed by atoms with Gasteiger partial charge in [-0.25, -0.2) is 0 Å². The summed E-state index contributed by atoms with van der Waals surface area (Å²) in [6.45, 7) is 7.90. The fourth-order valence-corrected chi connectivity index (χ4v) is 2.30. The van der Waals surface area contributed by atoms with Crippen molar-refractivity contribution in [2.75, 3.05) is 6.54 Å². The largest absolute Gasteiger partial charge is 0.309 e. The van der Waals surface area contributed by atoms with E-state index in [2.05, 4.69) is 50.4 Å². The number of rotatable bonds is 5. The number of aryl methyl sites for hydroxylation is 1. The van der Waals surface area contributed by atoms with Crippen LogP contribution < -0.4 is 5.32 Å². The monoisotopic (exact) mass is 217 g/mol. The lowest BCUT2D eigenvalue weighted by molar-refractivity contribution is 0.366. The van der Waals surface area contributed by atoms with Gasteiger partial charge in [0.15, 0.2) is 0 Å². The van der Waals surface area contributed by atoms with Crippen molar-refractivity contribution in [1.82, 2.24) is 5.32 Å². The first-order chi connectivity index (χ1) is 7.65. The molecule has 1 aromatic rings. The van der Waals surface area contributed by atoms with E-state index in [-0.39, 0.29) is 0 Å². The first-order valence-corrected chi connectivity index (χ1v) is 6.46. The highest BCUT2D eigenvalue weighted by Gasteiger charge is 2.45. The number of hydrogen-bond donors (Lipinski definition) is 1. The van der Waals surface area contributed by atoms with E-state index in [4.69, 9.17) is 0 Å². The molecule has 0 amide bonds. The normalized spacial score (nSPS) is 19.4. The third kappa shape index (κ3) is 2.46. The van der Waals surface area contributed by atoms with Gasteiger partial charge in [0.25, 0.3) is 0 Å². The van der Waals surface area contributed by atoms with Gasteiger partial charge in [0.1, 0.15) is 0 Å². The fraction of sp³-hybridized carbons (Fsp3) is 0.600. The number of hydrogen-bond acceptors (Lipinski definition) is 1. The summed E-state index contributed by atoms with van der Waals surface area (Å²) in [6.07, 6.45) is 3.93. The molecular weight excluding hydrogens is 194 g/mol. The topological polar surface area (TPSA) is 12.0 Å². The van der Waals surface area contributed by atoms with E-state index < -0.39 is 0 Å². The molecule has 1 aromatic carbocycles. The van der Waals surface area contributed by atoms with Gasteiger partial charge in [-0.15, -0.1) is 0 Å². The molecular formula is C15H23N. The van der Waals surface area contributed by atoms with Gasteiger partial charge in [-0.05, 0) is 43.7 Å². The fourth-order valence-electron chi connectivity index (χ4n) is 2.30. The van der Waals surface area contributed by atoms with Crippen LogP contribution in [-0.4, -0.2) is 6.54 Å². The molecule has 1 nitrogen and oxygen atoms in total.